The second-order valence-electron chi connectivity index (χ2n) is 5.67. The Labute approximate surface area is 155 Å². The second kappa shape index (κ2) is 7.85. The largest absolute Gasteiger partial charge is 0.484 e. The van der Waals surface area contributed by atoms with Crippen molar-refractivity contribution in [3.63, 3.8) is 0 Å². The third kappa shape index (κ3) is 3.92. The number of ether oxygens (including phenoxy) is 1. The van der Waals surface area contributed by atoms with Crippen molar-refractivity contribution in [2.24, 2.45) is 5.73 Å². The number of allylic oxidation sites excluding steroid dienone is 1. The summed E-state index contributed by atoms with van der Waals surface area (Å²) in [6.45, 7) is 0. The lowest BCUT2D eigenvalue weighted by Crippen LogP contribution is -2.33. The Balaban J connectivity index is 2.01. The minimum Gasteiger partial charge on any atom is -0.484 e. The van der Waals surface area contributed by atoms with E-state index in [9.17, 15) is 4.79 Å². The second-order valence-corrected chi connectivity index (χ2v) is 6.11. The van der Waals surface area contributed by atoms with Gasteiger partial charge in [-0.05, 0) is 43.5 Å². The fourth-order valence-electron chi connectivity index (χ4n) is 2.66. The van der Waals surface area contributed by atoms with Crippen molar-refractivity contribution < 1.29 is 9.53 Å². The molecule has 1 aliphatic carbocycles. The van der Waals surface area contributed by atoms with Gasteiger partial charge in [0.05, 0.1) is 18.1 Å². The van der Waals surface area contributed by atoms with E-state index in [1.54, 1.807) is 18.2 Å². The molecule has 1 aromatic carbocycles. The number of nitrogens with two attached hydrogens (primary N) is 1. The Morgan fingerprint density at radius 1 is 1.38 bits per heavy atom. The van der Waals surface area contributed by atoms with Crippen molar-refractivity contribution in [3.8, 4) is 11.8 Å². The van der Waals surface area contributed by atoms with E-state index >= 15 is 0 Å². The van der Waals surface area contributed by atoms with Crippen LogP contribution < -0.4 is 15.4 Å². The van der Waals surface area contributed by atoms with Gasteiger partial charge in [-0.1, -0.05) is 17.7 Å². The number of aromatic nitrogens is 2. The SMILES string of the molecule is N#Cc1cnc(N(C(N)=O)c2cc(Cl)ccc2OC2C=CCCC2)cn1. The first-order valence-corrected chi connectivity index (χ1v) is 8.41. The highest BCUT2D eigenvalue weighted by Gasteiger charge is 2.23. The van der Waals surface area contributed by atoms with Crippen LogP contribution in [0.5, 0.6) is 5.75 Å². The van der Waals surface area contributed by atoms with Gasteiger partial charge in [-0.15, -0.1) is 0 Å². The number of carbonyl (C=O) groups is 1. The van der Waals surface area contributed by atoms with Gasteiger partial charge in [-0.3, -0.25) is 0 Å². The number of anilines is 2. The topological polar surface area (TPSA) is 105 Å². The van der Waals surface area contributed by atoms with Crippen molar-refractivity contribution in [1.29, 1.82) is 5.26 Å². The Morgan fingerprint density at radius 3 is 2.85 bits per heavy atom. The van der Waals surface area contributed by atoms with E-state index in [1.165, 1.54) is 12.4 Å². The van der Waals surface area contributed by atoms with Gasteiger partial charge in [0.1, 0.15) is 17.9 Å². The lowest BCUT2D eigenvalue weighted by atomic mass is 10.1. The highest BCUT2D eigenvalue weighted by molar-refractivity contribution is 6.31. The molecular formula is C18H16ClN5O2. The van der Waals surface area contributed by atoms with E-state index in [4.69, 9.17) is 27.3 Å². The summed E-state index contributed by atoms with van der Waals surface area (Å²) in [7, 11) is 0. The number of carbonyl (C=O) groups excluding carboxylic acids is 1. The molecule has 132 valence electrons. The molecule has 8 heteroatoms. The first-order valence-electron chi connectivity index (χ1n) is 8.03. The average molecular weight is 370 g/mol. The number of halogens is 1. The Kier molecular flexibility index (Phi) is 5.34. The third-order valence-electron chi connectivity index (χ3n) is 3.85. The van der Waals surface area contributed by atoms with E-state index < -0.39 is 6.03 Å². The number of nitrogens with zero attached hydrogens (tertiary/aromatic N) is 4. The minimum absolute atomic E-state index is 0.0922. The number of rotatable bonds is 4. The number of benzene rings is 1. The molecule has 0 saturated heterocycles. The van der Waals surface area contributed by atoms with E-state index in [2.05, 4.69) is 16.0 Å². The van der Waals surface area contributed by atoms with Crippen LogP contribution in [0, 0.1) is 11.3 Å². The number of nitriles is 1. The van der Waals surface area contributed by atoms with Gasteiger partial charge < -0.3 is 10.5 Å². The van der Waals surface area contributed by atoms with Crippen LogP contribution in [0.3, 0.4) is 0 Å². The summed E-state index contributed by atoms with van der Waals surface area (Å²) in [5.74, 6) is 0.624. The number of amides is 2. The molecule has 0 fully saturated rings. The summed E-state index contributed by atoms with van der Waals surface area (Å²) in [6.07, 6.45) is 9.48. The molecule has 26 heavy (non-hydrogen) atoms. The molecule has 0 bridgehead atoms. The molecule has 2 aromatic rings. The van der Waals surface area contributed by atoms with Crippen molar-refractivity contribution in [2.45, 2.75) is 25.4 Å². The van der Waals surface area contributed by atoms with E-state index in [-0.39, 0.29) is 17.6 Å². The van der Waals surface area contributed by atoms with E-state index in [1.807, 2.05) is 12.1 Å². The van der Waals surface area contributed by atoms with Gasteiger partial charge >= 0.3 is 6.03 Å². The predicted molar refractivity (Wildman–Crippen MR) is 97.3 cm³/mol. The van der Waals surface area contributed by atoms with Crippen LogP contribution in [0.25, 0.3) is 0 Å². The molecule has 1 atom stereocenters. The molecule has 0 saturated carbocycles. The first kappa shape index (κ1) is 17.7. The van der Waals surface area contributed by atoms with Crippen LogP contribution in [-0.2, 0) is 0 Å². The summed E-state index contributed by atoms with van der Waals surface area (Å²) >= 11 is 6.12. The lowest BCUT2D eigenvalue weighted by Gasteiger charge is -2.25. The molecule has 2 N–H and O–H groups in total. The quantitative estimate of drug-likeness (QED) is 0.827. The van der Waals surface area contributed by atoms with E-state index in [0.29, 0.717) is 16.5 Å². The van der Waals surface area contributed by atoms with Gasteiger partial charge in [0.25, 0.3) is 0 Å². The zero-order valence-electron chi connectivity index (χ0n) is 13.8. The molecule has 1 heterocycles. The van der Waals surface area contributed by atoms with Crippen molar-refractivity contribution in [2.75, 3.05) is 4.90 Å². The fourth-order valence-corrected chi connectivity index (χ4v) is 2.82. The molecule has 1 aliphatic rings. The lowest BCUT2D eigenvalue weighted by molar-refractivity contribution is 0.230. The van der Waals surface area contributed by atoms with Crippen molar-refractivity contribution in [3.05, 3.63) is 53.5 Å². The zero-order chi connectivity index (χ0) is 18.5. The van der Waals surface area contributed by atoms with E-state index in [0.717, 1.165) is 24.2 Å². The van der Waals surface area contributed by atoms with Crippen LogP contribution in [0.4, 0.5) is 16.3 Å². The molecule has 1 unspecified atom stereocenters. The molecule has 7 nitrogen and oxygen atoms in total. The standard InChI is InChI=1S/C18H16ClN5O2/c19-12-6-7-16(26-14-4-2-1-3-5-14)15(8-12)24(18(21)25)17-11-22-13(9-20)10-23-17/h2,4,6-8,10-11,14H,1,3,5H2,(H2,21,25). The first-order chi connectivity index (χ1) is 12.6. The highest BCUT2D eigenvalue weighted by atomic mass is 35.5. The van der Waals surface area contributed by atoms with Crippen molar-refractivity contribution >= 4 is 29.1 Å². The maximum atomic E-state index is 12.1. The molecule has 0 aliphatic heterocycles. The summed E-state index contributed by atoms with van der Waals surface area (Å²) in [5, 5.41) is 9.27. The highest BCUT2D eigenvalue weighted by Crippen LogP contribution is 2.36. The van der Waals surface area contributed by atoms with Gasteiger partial charge in [0.15, 0.2) is 11.5 Å². The van der Waals surface area contributed by atoms with Crippen LogP contribution in [0.2, 0.25) is 5.02 Å². The maximum absolute atomic E-state index is 12.1. The van der Waals surface area contributed by atoms with Gasteiger partial charge in [-0.25, -0.2) is 19.7 Å². The van der Waals surface area contributed by atoms with Gasteiger partial charge in [0, 0.05) is 5.02 Å². The predicted octanol–water partition coefficient (Wildman–Crippen LogP) is 3.71. The van der Waals surface area contributed by atoms with Gasteiger partial charge in [0.2, 0.25) is 0 Å². The van der Waals surface area contributed by atoms with Crippen LogP contribution in [0.1, 0.15) is 25.0 Å². The van der Waals surface area contributed by atoms with Gasteiger partial charge in [-0.2, -0.15) is 5.26 Å². The summed E-state index contributed by atoms with van der Waals surface area (Å²) < 4.78 is 6.04. The van der Waals surface area contributed by atoms with Crippen LogP contribution in [0.15, 0.2) is 42.7 Å². The number of hydrogen-bond donors (Lipinski definition) is 1. The molecule has 1 aromatic heterocycles. The van der Waals surface area contributed by atoms with Crippen molar-refractivity contribution in [1.82, 2.24) is 9.97 Å². The fraction of sp³-hybridized carbons (Fsp3) is 0.222. The Morgan fingerprint density at radius 2 is 2.23 bits per heavy atom. The average Bonchev–Trinajstić information content (AvgIpc) is 2.65. The summed E-state index contributed by atoms with van der Waals surface area (Å²) in [6, 6.07) is 6.05. The minimum atomic E-state index is -0.768. The third-order valence-corrected chi connectivity index (χ3v) is 4.09. The molecule has 0 radical (unpaired) electrons. The number of primary amides is 1. The molecular weight excluding hydrogens is 354 g/mol. The Bertz CT molecular complexity index is 876. The molecule has 2 amide bonds. The number of urea groups is 1. The summed E-state index contributed by atoms with van der Waals surface area (Å²) in [5.41, 5.74) is 6.06. The van der Waals surface area contributed by atoms with Crippen LogP contribution >= 0.6 is 11.6 Å². The normalized spacial score (nSPS) is 15.9. The zero-order valence-corrected chi connectivity index (χ0v) is 14.6. The Hall–Kier alpha value is -3.11. The van der Waals surface area contributed by atoms with Crippen LogP contribution in [-0.4, -0.2) is 22.1 Å². The molecule has 0 spiro atoms. The smallest absolute Gasteiger partial charge is 0.325 e. The summed E-state index contributed by atoms with van der Waals surface area (Å²) in [4.78, 5) is 21.3. The monoisotopic (exact) mass is 369 g/mol. The molecule has 3 rings (SSSR count). The maximum Gasteiger partial charge on any atom is 0.325 e. The number of hydrogen-bond acceptors (Lipinski definition) is 5.